The summed E-state index contributed by atoms with van der Waals surface area (Å²) in [6, 6.07) is 4.07. The predicted molar refractivity (Wildman–Crippen MR) is 49.5 cm³/mol. The fourth-order valence-electron chi connectivity index (χ4n) is 1.31. The molecule has 0 aliphatic heterocycles. The minimum absolute atomic E-state index is 0.132. The maximum Gasteiger partial charge on any atom is 0.162 e. The number of benzene rings is 1. The quantitative estimate of drug-likeness (QED) is 0.760. The summed E-state index contributed by atoms with van der Waals surface area (Å²) in [5, 5.41) is 0. The zero-order valence-electron chi connectivity index (χ0n) is 8.18. The summed E-state index contributed by atoms with van der Waals surface area (Å²) >= 11 is 0. The van der Waals surface area contributed by atoms with E-state index in [1.807, 2.05) is 0 Å². The molecule has 0 aliphatic carbocycles. The molecule has 2 nitrogen and oxygen atoms in total. The second-order valence-corrected chi connectivity index (χ2v) is 3.80. The molecule has 0 saturated heterocycles. The highest BCUT2D eigenvalue weighted by molar-refractivity contribution is 5.26. The summed E-state index contributed by atoms with van der Waals surface area (Å²) < 4.78 is 26.3. The molecule has 1 rings (SSSR count). The summed E-state index contributed by atoms with van der Waals surface area (Å²) in [6.07, 6.45) is 0. The summed E-state index contributed by atoms with van der Waals surface area (Å²) in [4.78, 5) is 4.47. The molecular weight excluding hydrogens is 188 g/mol. The van der Waals surface area contributed by atoms with E-state index in [9.17, 15) is 8.78 Å². The van der Waals surface area contributed by atoms with Gasteiger partial charge in [-0.3, -0.25) is 0 Å². The molecule has 0 aliphatic rings. The molecule has 0 unspecified atom stereocenters. The van der Waals surface area contributed by atoms with E-state index in [0.29, 0.717) is 0 Å². The first kappa shape index (κ1) is 11.1. The van der Waals surface area contributed by atoms with Crippen molar-refractivity contribution in [3.05, 3.63) is 35.4 Å². The Morgan fingerprint density at radius 3 is 2.57 bits per heavy atom. The highest BCUT2D eigenvalue weighted by Crippen LogP contribution is 2.26. The Morgan fingerprint density at radius 2 is 2.00 bits per heavy atom. The Hall–Kier alpha value is -1.00. The molecule has 0 aromatic heterocycles. The van der Waals surface area contributed by atoms with Crippen molar-refractivity contribution in [2.24, 2.45) is 5.90 Å². The molecule has 0 bridgehead atoms. The molecule has 0 fully saturated rings. The third-order valence-corrected chi connectivity index (χ3v) is 2.12. The second kappa shape index (κ2) is 4.02. The highest BCUT2D eigenvalue weighted by Gasteiger charge is 2.25. The summed E-state index contributed by atoms with van der Waals surface area (Å²) in [5.41, 5.74) is -0.371. The third-order valence-electron chi connectivity index (χ3n) is 2.12. The van der Waals surface area contributed by atoms with Gasteiger partial charge in [0.05, 0.1) is 6.61 Å². The topological polar surface area (TPSA) is 35.2 Å². The molecule has 0 amide bonds. The SMILES string of the molecule is CC(C)(CON)c1cccc(F)c1F. The van der Waals surface area contributed by atoms with Gasteiger partial charge in [0, 0.05) is 5.41 Å². The number of nitrogens with two attached hydrogens (primary N) is 1. The van der Waals surface area contributed by atoms with Crippen molar-refractivity contribution in [2.75, 3.05) is 6.61 Å². The van der Waals surface area contributed by atoms with Crippen LogP contribution in [0.25, 0.3) is 0 Å². The van der Waals surface area contributed by atoms with E-state index >= 15 is 0 Å². The Labute approximate surface area is 81.6 Å². The maximum atomic E-state index is 13.3. The van der Waals surface area contributed by atoms with E-state index in [-0.39, 0.29) is 12.2 Å². The van der Waals surface area contributed by atoms with Crippen LogP contribution in [0.3, 0.4) is 0 Å². The van der Waals surface area contributed by atoms with Gasteiger partial charge in [-0.15, -0.1) is 0 Å². The van der Waals surface area contributed by atoms with Gasteiger partial charge in [-0.2, -0.15) is 0 Å². The summed E-state index contributed by atoms with van der Waals surface area (Å²) in [7, 11) is 0. The highest BCUT2D eigenvalue weighted by atomic mass is 19.2. The molecule has 14 heavy (non-hydrogen) atoms. The molecular formula is C10H13F2NO. The second-order valence-electron chi connectivity index (χ2n) is 3.80. The Balaban J connectivity index is 3.12. The van der Waals surface area contributed by atoms with Crippen LogP contribution in [0.1, 0.15) is 19.4 Å². The van der Waals surface area contributed by atoms with E-state index < -0.39 is 17.0 Å². The van der Waals surface area contributed by atoms with Gasteiger partial charge >= 0.3 is 0 Å². The van der Waals surface area contributed by atoms with Crippen molar-refractivity contribution in [1.82, 2.24) is 0 Å². The van der Waals surface area contributed by atoms with Crippen LogP contribution in [0.2, 0.25) is 0 Å². The van der Waals surface area contributed by atoms with Gasteiger partial charge in [0.1, 0.15) is 0 Å². The van der Waals surface area contributed by atoms with E-state index in [2.05, 4.69) is 4.84 Å². The lowest BCUT2D eigenvalue weighted by Crippen LogP contribution is -2.27. The normalized spacial score (nSPS) is 11.8. The Morgan fingerprint density at radius 1 is 1.36 bits per heavy atom. The van der Waals surface area contributed by atoms with Crippen LogP contribution in [-0.4, -0.2) is 6.61 Å². The molecule has 4 heteroatoms. The lowest BCUT2D eigenvalue weighted by molar-refractivity contribution is 0.0948. The van der Waals surface area contributed by atoms with Gasteiger partial charge in [0.2, 0.25) is 0 Å². The van der Waals surface area contributed by atoms with E-state index in [0.717, 1.165) is 6.07 Å². The van der Waals surface area contributed by atoms with Gasteiger partial charge < -0.3 is 4.84 Å². The summed E-state index contributed by atoms with van der Waals surface area (Å²) in [6.45, 7) is 3.60. The minimum Gasteiger partial charge on any atom is -0.304 e. The molecule has 0 atom stereocenters. The van der Waals surface area contributed by atoms with E-state index in [1.165, 1.54) is 12.1 Å². The lowest BCUT2D eigenvalue weighted by Gasteiger charge is -2.24. The summed E-state index contributed by atoms with van der Waals surface area (Å²) in [5.74, 6) is 3.23. The van der Waals surface area contributed by atoms with Crippen molar-refractivity contribution in [2.45, 2.75) is 19.3 Å². The monoisotopic (exact) mass is 201 g/mol. The molecule has 0 spiro atoms. The number of hydrogen-bond acceptors (Lipinski definition) is 2. The smallest absolute Gasteiger partial charge is 0.162 e. The molecule has 1 aromatic carbocycles. The van der Waals surface area contributed by atoms with Crippen LogP contribution in [0.15, 0.2) is 18.2 Å². The van der Waals surface area contributed by atoms with Crippen LogP contribution in [0.4, 0.5) is 8.78 Å². The van der Waals surface area contributed by atoms with Crippen molar-refractivity contribution >= 4 is 0 Å². The van der Waals surface area contributed by atoms with Crippen LogP contribution >= 0.6 is 0 Å². The fraction of sp³-hybridized carbons (Fsp3) is 0.400. The Kier molecular flexibility index (Phi) is 3.18. The van der Waals surface area contributed by atoms with Crippen molar-refractivity contribution in [3.8, 4) is 0 Å². The minimum atomic E-state index is -0.854. The molecule has 1 aromatic rings. The van der Waals surface area contributed by atoms with Crippen LogP contribution < -0.4 is 5.90 Å². The lowest BCUT2D eigenvalue weighted by atomic mass is 9.85. The van der Waals surface area contributed by atoms with Crippen molar-refractivity contribution in [3.63, 3.8) is 0 Å². The first-order valence-corrected chi connectivity index (χ1v) is 4.25. The predicted octanol–water partition coefficient (Wildman–Crippen LogP) is 2.13. The van der Waals surface area contributed by atoms with Crippen LogP contribution in [-0.2, 0) is 10.3 Å². The zero-order chi connectivity index (χ0) is 10.8. The van der Waals surface area contributed by atoms with Gasteiger partial charge in [-0.05, 0) is 11.6 Å². The van der Waals surface area contributed by atoms with Crippen LogP contribution in [0.5, 0.6) is 0 Å². The molecule has 2 N–H and O–H groups in total. The number of halogens is 2. The zero-order valence-corrected chi connectivity index (χ0v) is 8.18. The average molecular weight is 201 g/mol. The molecule has 0 radical (unpaired) electrons. The van der Waals surface area contributed by atoms with Crippen molar-refractivity contribution in [1.29, 1.82) is 0 Å². The maximum absolute atomic E-state index is 13.3. The van der Waals surface area contributed by atoms with Crippen molar-refractivity contribution < 1.29 is 13.6 Å². The van der Waals surface area contributed by atoms with Gasteiger partial charge in [0.25, 0.3) is 0 Å². The molecule has 0 heterocycles. The largest absolute Gasteiger partial charge is 0.304 e. The molecule has 78 valence electrons. The van der Waals surface area contributed by atoms with Gasteiger partial charge in [-0.1, -0.05) is 26.0 Å². The third kappa shape index (κ3) is 2.08. The first-order valence-electron chi connectivity index (χ1n) is 4.25. The Bertz CT molecular complexity index is 326. The standard InChI is InChI=1S/C10H13F2NO/c1-10(2,6-14-13)7-4-3-5-8(11)9(7)12/h3-5H,6,13H2,1-2H3. The van der Waals surface area contributed by atoms with Crippen LogP contribution in [0, 0.1) is 11.6 Å². The average Bonchev–Trinajstić information content (AvgIpc) is 2.09. The molecule has 0 saturated carbocycles. The first-order chi connectivity index (χ1) is 6.49. The van der Waals surface area contributed by atoms with Gasteiger partial charge in [0.15, 0.2) is 11.6 Å². The fourth-order valence-corrected chi connectivity index (χ4v) is 1.31. The number of hydrogen-bond donors (Lipinski definition) is 1. The number of rotatable bonds is 3. The van der Waals surface area contributed by atoms with E-state index in [4.69, 9.17) is 5.90 Å². The van der Waals surface area contributed by atoms with Gasteiger partial charge in [-0.25, -0.2) is 14.7 Å². The van der Waals surface area contributed by atoms with E-state index in [1.54, 1.807) is 13.8 Å².